The van der Waals surface area contributed by atoms with Crippen molar-refractivity contribution in [1.82, 2.24) is 9.80 Å². The van der Waals surface area contributed by atoms with Crippen LogP contribution in [0.2, 0.25) is 0 Å². The minimum absolute atomic E-state index is 0.322. The molecule has 1 aromatic rings. The zero-order chi connectivity index (χ0) is 15.4. The first-order valence-corrected chi connectivity index (χ1v) is 7.57. The van der Waals surface area contributed by atoms with Crippen LogP contribution in [0.4, 0.5) is 10.1 Å². The largest absolute Gasteiger partial charge is 0.389 e. The van der Waals surface area contributed by atoms with Crippen LogP contribution < -0.4 is 4.90 Å². The van der Waals surface area contributed by atoms with Crippen molar-refractivity contribution in [3.8, 4) is 0 Å². The Morgan fingerprint density at radius 3 is 2.48 bits per heavy atom. The SMILES string of the molecule is CC(O)c1c(F)cccc1N1CCN(CCN(C)C)CC1. The Bertz CT molecular complexity index is 457. The van der Waals surface area contributed by atoms with Crippen molar-refractivity contribution in [1.29, 1.82) is 0 Å². The van der Waals surface area contributed by atoms with Gasteiger partial charge in [0.2, 0.25) is 0 Å². The van der Waals surface area contributed by atoms with Crippen LogP contribution in [-0.2, 0) is 0 Å². The van der Waals surface area contributed by atoms with Gasteiger partial charge in [-0.05, 0) is 33.2 Å². The molecule has 5 heteroatoms. The highest BCUT2D eigenvalue weighted by molar-refractivity contribution is 5.55. The Morgan fingerprint density at radius 2 is 1.90 bits per heavy atom. The Labute approximate surface area is 126 Å². The molecule has 0 bridgehead atoms. The minimum atomic E-state index is -0.784. The molecule has 1 fully saturated rings. The van der Waals surface area contributed by atoms with Gasteiger partial charge in [0, 0.05) is 50.5 Å². The van der Waals surface area contributed by atoms with Gasteiger partial charge in [-0.15, -0.1) is 0 Å². The lowest BCUT2D eigenvalue weighted by Crippen LogP contribution is -2.48. The molecular weight excluding hydrogens is 269 g/mol. The predicted molar refractivity (Wildman–Crippen MR) is 84.2 cm³/mol. The second-order valence-corrected chi connectivity index (χ2v) is 5.98. The molecule has 0 radical (unpaired) electrons. The first-order valence-electron chi connectivity index (χ1n) is 7.57. The van der Waals surface area contributed by atoms with Crippen LogP contribution in [0, 0.1) is 5.82 Å². The number of piperazine rings is 1. The van der Waals surface area contributed by atoms with Crippen LogP contribution in [-0.4, -0.2) is 68.3 Å². The Hall–Kier alpha value is -1.17. The van der Waals surface area contributed by atoms with E-state index in [0.717, 1.165) is 45.0 Å². The molecule has 1 atom stereocenters. The second-order valence-electron chi connectivity index (χ2n) is 5.98. The summed E-state index contributed by atoms with van der Waals surface area (Å²) in [6, 6.07) is 5.04. The summed E-state index contributed by atoms with van der Waals surface area (Å²) in [7, 11) is 4.16. The van der Waals surface area contributed by atoms with Crippen molar-refractivity contribution in [3.05, 3.63) is 29.6 Å². The van der Waals surface area contributed by atoms with Gasteiger partial charge in [0.25, 0.3) is 0 Å². The molecule has 1 N–H and O–H groups in total. The summed E-state index contributed by atoms with van der Waals surface area (Å²) in [6.45, 7) is 7.43. The maximum Gasteiger partial charge on any atom is 0.131 e. The molecule has 118 valence electrons. The molecule has 2 rings (SSSR count). The van der Waals surface area contributed by atoms with Crippen molar-refractivity contribution in [2.24, 2.45) is 0 Å². The van der Waals surface area contributed by atoms with Gasteiger partial charge in [-0.3, -0.25) is 4.90 Å². The molecule has 0 aliphatic carbocycles. The fraction of sp³-hybridized carbons (Fsp3) is 0.625. The van der Waals surface area contributed by atoms with Gasteiger partial charge in [-0.25, -0.2) is 4.39 Å². The molecule has 1 aliphatic heterocycles. The minimum Gasteiger partial charge on any atom is -0.389 e. The van der Waals surface area contributed by atoms with E-state index in [1.54, 1.807) is 13.0 Å². The summed E-state index contributed by atoms with van der Waals surface area (Å²) in [6.07, 6.45) is -0.784. The third-order valence-corrected chi connectivity index (χ3v) is 4.02. The summed E-state index contributed by atoms with van der Waals surface area (Å²) in [5.74, 6) is -0.322. The molecule has 0 amide bonds. The van der Waals surface area contributed by atoms with Crippen LogP contribution in [0.5, 0.6) is 0 Å². The van der Waals surface area contributed by atoms with Crippen molar-refractivity contribution in [2.75, 3.05) is 58.3 Å². The van der Waals surface area contributed by atoms with E-state index >= 15 is 0 Å². The summed E-state index contributed by atoms with van der Waals surface area (Å²) < 4.78 is 13.9. The fourth-order valence-electron chi connectivity index (χ4n) is 2.77. The third-order valence-electron chi connectivity index (χ3n) is 4.02. The highest BCUT2D eigenvalue weighted by atomic mass is 19.1. The Balaban J connectivity index is 2.01. The average Bonchev–Trinajstić information content (AvgIpc) is 2.45. The Morgan fingerprint density at radius 1 is 1.24 bits per heavy atom. The third kappa shape index (κ3) is 4.15. The van der Waals surface area contributed by atoms with Gasteiger partial charge < -0.3 is 14.9 Å². The van der Waals surface area contributed by atoms with Crippen molar-refractivity contribution in [2.45, 2.75) is 13.0 Å². The van der Waals surface area contributed by atoms with Gasteiger partial charge in [0.15, 0.2) is 0 Å². The molecule has 4 nitrogen and oxygen atoms in total. The van der Waals surface area contributed by atoms with E-state index in [2.05, 4.69) is 28.8 Å². The van der Waals surface area contributed by atoms with Crippen molar-refractivity contribution >= 4 is 5.69 Å². The molecule has 1 unspecified atom stereocenters. The molecule has 0 spiro atoms. The average molecular weight is 295 g/mol. The number of hydrogen-bond acceptors (Lipinski definition) is 4. The monoisotopic (exact) mass is 295 g/mol. The smallest absolute Gasteiger partial charge is 0.131 e. The lowest BCUT2D eigenvalue weighted by atomic mass is 10.1. The summed E-state index contributed by atoms with van der Waals surface area (Å²) in [5.41, 5.74) is 1.25. The standard InChI is InChI=1S/C16H26FN3O/c1-13(21)16-14(17)5-4-6-15(16)20-11-9-19(10-12-20)8-7-18(2)3/h4-6,13,21H,7-12H2,1-3H3. The molecule has 1 heterocycles. The first kappa shape index (κ1) is 16.2. The molecule has 1 saturated heterocycles. The van der Waals surface area contributed by atoms with E-state index in [-0.39, 0.29) is 5.82 Å². The highest BCUT2D eigenvalue weighted by Gasteiger charge is 2.22. The summed E-state index contributed by atoms with van der Waals surface area (Å²) in [4.78, 5) is 6.79. The molecule has 0 aromatic heterocycles. The number of halogens is 1. The van der Waals surface area contributed by atoms with E-state index in [1.807, 2.05) is 6.07 Å². The van der Waals surface area contributed by atoms with Gasteiger partial charge in [-0.2, -0.15) is 0 Å². The van der Waals surface area contributed by atoms with Crippen molar-refractivity contribution in [3.63, 3.8) is 0 Å². The van der Waals surface area contributed by atoms with Gasteiger partial charge >= 0.3 is 0 Å². The maximum absolute atomic E-state index is 13.9. The van der Waals surface area contributed by atoms with E-state index in [9.17, 15) is 9.50 Å². The van der Waals surface area contributed by atoms with E-state index < -0.39 is 6.10 Å². The number of hydrogen-bond donors (Lipinski definition) is 1. The van der Waals surface area contributed by atoms with E-state index in [1.165, 1.54) is 6.07 Å². The summed E-state index contributed by atoms with van der Waals surface area (Å²) >= 11 is 0. The van der Waals surface area contributed by atoms with E-state index in [4.69, 9.17) is 0 Å². The number of benzene rings is 1. The van der Waals surface area contributed by atoms with Crippen molar-refractivity contribution < 1.29 is 9.50 Å². The van der Waals surface area contributed by atoms with Gasteiger partial charge in [-0.1, -0.05) is 6.07 Å². The van der Waals surface area contributed by atoms with Gasteiger partial charge in [0.05, 0.1) is 6.10 Å². The highest BCUT2D eigenvalue weighted by Crippen LogP contribution is 2.29. The fourth-order valence-corrected chi connectivity index (χ4v) is 2.77. The quantitative estimate of drug-likeness (QED) is 0.893. The van der Waals surface area contributed by atoms with Crippen LogP contribution in [0.1, 0.15) is 18.6 Å². The maximum atomic E-state index is 13.9. The van der Waals surface area contributed by atoms with E-state index in [0.29, 0.717) is 5.56 Å². The number of aliphatic hydroxyl groups excluding tert-OH is 1. The van der Waals surface area contributed by atoms with Crippen LogP contribution in [0.15, 0.2) is 18.2 Å². The molecule has 1 aliphatic rings. The number of anilines is 1. The molecule has 1 aromatic carbocycles. The number of rotatable bonds is 5. The van der Waals surface area contributed by atoms with Crippen LogP contribution in [0.25, 0.3) is 0 Å². The molecule has 21 heavy (non-hydrogen) atoms. The molecular formula is C16H26FN3O. The Kier molecular flexibility index (Phi) is 5.56. The lowest BCUT2D eigenvalue weighted by Gasteiger charge is -2.37. The topological polar surface area (TPSA) is 30.0 Å². The van der Waals surface area contributed by atoms with Crippen LogP contribution in [0.3, 0.4) is 0 Å². The number of nitrogens with zero attached hydrogens (tertiary/aromatic N) is 3. The first-order chi connectivity index (χ1) is 9.99. The van der Waals surface area contributed by atoms with Crippen LogP contribution >= 0.6 is 0 Å². The van der Waals surface area contributed by atoms with Gasteiger partial charge in [0.1, 0.15) is 5.82 Å². The zero-order valence-electron chi connectivity index (χ0n) is 13.2. The normalized spacial score (nSPS) is 18.3. The zero-order valence-corrected chi connectivity index (χ0v) is 13.2. The number of likely N-dealkylation sites (N-methyl/N-ethyl adjacent to an activating group) is 1. The number of aliphatic hydroxyl groups is 1. The lowest BCUT2D eigenvalue weighted by molar-refractivity contribution is 0.193. The summed E-state index contributed by atoms with van der Waals surface area (Å²) in [5, 5.41) is 9.83. The molecule has 0 saturated carbocycles. The second kappa shape index (κ2) is 7.20. The predicted octanol–water partition coefficient (Wildman–Crippen LogP) is 1.56.